The molecule has 0 spiro atoms. The summed E-state index contributed by atoms with van der Waals surface area (Å²) in [6, 6.07) is 9.47. The smallest absolute Gasteiger partial charge is 0.408 e. The predicted molar refractivity (Wildman–Crippen MR) is 83.2 cm³/mol. The summed E-state index contributed by atoms with van der Waals surface area (Å²) in [7, 11) is 0. The van der Waals surface area contributed by atoms with Gasteiger partial charge < -0.3 is 20.1 Å². The maximum atomic E-state index is 12.2. The Morgan fingerprint density at radius 1 is 1.23 bits per heavy atom. The van der Waals surface area contributed by atoms with Crippen LogP contribution in [0.2, 0.25) is 0 Å². The number of aliphatic hydroxyl groups is 1. The Balaban J connectivity index is 2.53. The third kappa shape index (κ3) is 7.08. The zero-order chi connectivity index (χ0) is 16.6. The van der Waals surface area contributed by atoms with Gasteiger partial charge in [-0.15, -0.1) is 0 Å². The highest BCUT2D eigenvalue weighted by molar-refractivity contribution is 5.82. The zero-order valence-corrected chi connectivity index (χ0v) is 13.3. The number of carbonyl (C=O) groups excluding carboxylic acids is 2. The molecule has 0 saturated carbocycles. The molecule has 1 aromatic rings. The summed E-state index contributed by atoms with van der Waals surface area (Å²) < 4.78 is 5.08. The van der Waals surface area contributed by atoms with Crippen LogP contribution in [0.3, 0.4) is 0 Å². The summed E-state index contributed by atoms with van der Waals surface area (Å²) >= 11 is 0. The summed E-state index contributed by atoms with van der Waals surface area (Å²) in [4.78, 5) is 25.2. The molecule has 0 aliphatic rings. The summed E-state index contributed by atoms with van der Waals surface area (Å²) in [5.74, 6) is -0.274. The predicted octanol–water partition coefficient (Wildman–Crippen LogP) is 1.53. The van der Waals surface area contributed by atoms with Crippen LogP contribution in [-0.2, 0) is 16.1 Å². The van der Waals surface area contributed by atoms with Crippen molar-refractivity contribution in [3.05, 3.63) is 35.9 Å². The Morgan fingerprint density at radius 2 is 1.86 bits per heavy atom. The van der Waals surface area contributed by atoms with E-state index in [-0.39, 0.29) is 25.6 Å². The van der Waals surface area contributed by atoms with Crippen molar-refractivity contribution in [1.29, 1.82) is 0 Å². The van der Waals surface area contributed by atoms with Gasteiger partial charge in [0, 0.05) is 13.1 Å². The van der Waals surface area contributed by atoms with E-state index >= 15 is 0 Å². The molecule has 0 aliphatic carbocycles. The minimum Gasteiger partial charge on any atom is -0.444 e. The topological polar surface area (TPSA) is 78.9 Å². The molecule has 2 N–H and O–H groups in total. The van der Waals surface area contributed by atoms with Crippen LogP contribution >= 0.6 is 0 Å². The molecule has 0 heterocycles. The first-order valence-electron chi connectivity index (χ1n) is 7.21. The largest absolute Gasteiger partial charge is 0.444 e. The monoisotopic (exact) mass is 308 g/mol. The van der Waals surface area contributed by atoms with Crippen molar-refractivity contribution < 1.29 is 19.4 Å². The number of alkyl carbamates (subject to hydrolysis) is 1. The SMILES string of the molecule is CC(C)(C)OC(=O)NCC(=O)N(CCO)Cc1ccccc1. The van der Waals surface area contributed by atoms with Gasteiger partial charge in [0.1, 0.15) is 12.1 Å². The molecular weight excluding hydrogens is 284 g/mol. The van der Waals surface area contributed by atoms with Gasteiger partial charge in [-0.3, -0.25) is 4.79 Å². The van der Waals surface area contributed by atoms with Crippen molar-refractivity contribution in [2.24, 2.45) is 0 Å². The molecule has 22 heavy (non-hydrogen) atoms. The van der Waals surface area contributed by atoms with Crippen molar-refractivity contribution in [3.8, 4) is 0 Å². The van der Waals surface area contributed by atoms with Crippen LogP contribution in [0.25, 0.3) is 0 Å². The third-order valence-corrected chi connectivity index (χ3v) is 2.72. The molecule has 2 amide bonds. The molecule has 0 saturated heterocycles. The number of nitrogens with zero attached hydrogens (tertiary/aromatic N) is 1. The van der Waals surface area contributed by atoms with Gasteiger partial charge in [-0.2, -0.15) is 0 Å². The lowest BCUT2D eigenvalue weighted by Gasteiger charge is -2.23. The van der Waals surface area contributed by atoms with E-state index in [2.05, 4.69) is 5.32 Å². The molecule has 0 radical (unpaired) electrons. The highest BCUT2D eigenvalue weighted by Crippen LogP contribution is 2.07. The van der Waals surface area contributed by atoms with Crippen molar-refractivity contribution in [2.75, 3.05) is 19.7 Å². The lowest BCUT2D eigenvalue weighted by molar-refractivity contribution is -0.131. The second-order valence-electron chi connectivity index (χ2n) is 5.88. The van der Waals surface area contributed by atoms with Crippen molar-refractivity contribution in [2.45, 2.75) is 32.9 Å². The fraction of sp³-hybridized carbons (Fsp3) is 0.500. The van der Waals surface area contributed by atoms with Crippen LogP contribution in [0.1, 0.15) is 26.3 Å². The van der Waals surface area contributed by atoms with Gasteiger partial charge in [0.25, 0.3) is 0 Å². The Kier molecular flexibility index (Phi) is 6.85. The van der Waals surface area contributed by atoms with E-state index in [0.717, 1.165) is 5.56 Å². The maximum absolute atomic E-state index is 12.2. The molecule has 1 aromatic carbocycles. The van der Waals surface area contributed by atoms with E-state index in [4.69, 9.17) is 9.84 Å². The molecule has 122 valence electrons. The lowest BCUT2D eigenvalue weighted by atomic mass is 10.2. The molecule has 0 unspecified atom stereocenters. The summed E-state index contributed by atoms with van der Waals surface area (Å²) in [6.45, 7) is 5.55. The number of nitrogens with one attached hydrogen (secondary N) is 1. The molecule has 0 fully saturated rings. The number of hydrogen-bond donors (Lipinski definition) is 2. The molecule has 6 nitrogen and oxygen atoms in total. The average molecular weight is 308 g/mol. The number of benzene rings is 1. The maximum Gasteiger partial charge on any atom is 0.408 e. The molecule has 0 aromatic heterocycles. The van der Waals surface area contributed by atoms with Crippen LogP contribution in [-0.4, -0.2) is 47.3 Å². The summed E-state index contributed by atoms with van der Waals surface area (Å²) in [5.41, 5.74) is 0.351. The lowest BCUT2D eigenvalue weighted by Crippen LogP contribution is -2.42. The summed E-state index contributed by atoms with van der Waals surface area (Å²) in [6.07, 6.45) is -0.635. The van der Waals surface area contributed by atoms with Gasteiger partial charge in [0.15, 0.2) is 0 Å². The van der Waals surface area contributed by atoms with Crippen LogP contribution in [0, 0.1) is 0 Å². The van der Waals surface area contributed by atoms with E-state index in [1.807, 2.05) is 30.3 Å². The Bertz CT molecular complexity index is 483. The molecular formula is C16H24N2O4. The quantitative estimate of drug-likeness (QED) is 0.835. The van der Waals surface area contributed by atoms with E-state index in [1.165, 1.54) is 4.90 Å². The van der Waals surface area contributed by atoms with Gasteiger partial charge >= 0.3 is 6.09 Å². The first-order chi connectivity index (χ1) is 10.3. The van der Waals surface area contributed by atoms with Crippen LogP contribution in [0.5, 0.6) is 0 Å². The van der Waals surface area contributed by atoms with Gasteiger partial charge in [-0.05, 0) is 26.3 Å². The van der Waals surface area contributed by atoms with Gasteiger partial charge in [-0.1, -0.05) is 30.3 Å². The minimum absolute atomic E-state index is 0.134. The second kappa shape index (κ2) is 8.38. The van der Waals surface area contributed by atoms with Crippen LogP contribution < -0.4 is 5.32 Å². The van der Waals surface area contributed by atoms with E-state index in [0.29, 0.717) is 6.54 Å². The number of ether oxygens (including phenoxy) is 1. The number of aliphatic hydroxyl groups excluding tert-OH is 1. The first-order valence-corrected chi connectivity index (χ1v) is 7.21. The summed E-state index contributed by atoms with van der Waals surface area (Å²) in [5, 5.41) is 11.5. The number of amides is 2. The van der Waals surface area contributed by atoms with Crippen molar-refractivity contribution >= 4 is 12.0 Å². The fourth-order valence-electron chi connectivity index (χ4n) is 1.79. The minimum atomic E-state index is -0.635. The fourth-order valence-corrected chi connectivity index (χ4v) is 1.79. The average Bonchev–Trinajstić information content (AvgIpc) is 2.43. The molecule has 0 bridgehead atoms. The van der Waals surface area contributed by atoms with Gasteiger partial charge in [0.05, 0.1) is 6.61 Å². The van der Waals surface area contributed by atoms with E-state index in [9.17, 15) is 9.59 Å². The third-order valence-electron chi connectivity index (χ3n) is 2.72. The standard InChI is InChI=1S/C16H24N2O4/c1-16(2,3)22-15(21)17-11-14(20)18(9-10-19)12-13-7-5-4-6-8-13/h4-8,19H,9-12H2,1-3H3,(H,17,21). The molecule has 1 rings (SSSR count). The normalized spacial score (nSPS) is 10.9. The van der Waals surface area contributed by atoms with Gasteiger partial charge in [0.2, 0.25) is 5.91 Å². The van der Waals surface area contributed by atoms with E-state index < -0.39 is 11.7 Å². The highest BCUT2D eigenvalue weighted by atomic mass is 16.6. The van der Waals surface area contributed by atoms with Crippen molar-refractivity contribution in [3.63, 3.8) is 0 Å². The Labute approximate surface area is 131 Å². The Hall–Kier alpha value is -2.08. The van der Waals surface area contributed by atoms with Crippen LogP contribution in [0.15, 0.2) is 30.3 Å². The molecule has 0 atom stereocenters. The zero-order valence-electron chi connectivity index (χ0n) is 13.3. The van der Waals surface area contributed by atoms with Gasteiger partial charge in [-0.25, -0.2) is 4.79 Å². The van der Waals surface area contributed by atoms with Crippen LogP contribution in [0.4, 0.5) is 4.79 Å². The first kappa shape index (κ1) is 18.0. The molecule has 0 aliphatic heterocycles. The Morgan fingerprint density at radius 3 is 2.41 bits per heavy atom. The van der Waals surface area contributed by atoms with E-state index in [1.54, 1.807) is 20.8 Å². The van der Waals surface area contributed by atoms with Crippen molar-refractivity contribution in [1.82, 2.24) is 10.2 Å². The second-order valence-corrected chi connectivity index (χ2v) is 5.88. The molecule has 6 heteroatoms. The number of rotatable bonds is 6. The highest BCUT2D eigenvalue weighted by Gasteiger charge is 2.18. The number of carbonyl (C=O) groups is 2. The number of hydrogen-bond acceptors (Lipinski definition) is 4.